The molecule has 0 amide bonds. The second kappa shape index (κ2) is 6.56. The summed E-state index contributed by atoms with van der Waals surface area (Å²) in [4.78, 5) is 25.3. The number of carboxylic acid groups (broad SMARTS) is 1. The number of ether oxygens (including phenoxy) is 1. The topological polar surface area (TPSA) is 71.8 Å². The summed E-state index contributed by atoms with van der Waals surface area (Å²) in [5, 5.41) is 8.96. The van der Waals surface area contributed by atoms with Crippen LogP contribution in [0.15, 0.2) is 23.1 Å². The van der Waals surface area contributed by atoms with Crippen LogP contribution < -0.4 is 10.3 Å². The maximum atomic E-state index is 12.1. The van der Waals surface area contributed by atoms with Gasteiger partial charge in [0.1, 0.15) is 12.6 Å². The first kappa shape index (κ1) is 14.6. The molecule has 2 heterocycles. The molecular weight excluding hydrogens is 260 g/mol. The highest BCUT2D eigenvalue weighted by molar-refractivity contribution is 5.71. The van der Waals surface area contributed by atoms with E-state index in [1.807, 2.05) is 0 Å². The number of hydrogen-bond donors (Lipinski definition) is 1. The predicted molar refractivity (Wildman–Crippen MR) is 74.2 cm³/mol. The van der Waals surface area contributed by atoms with Crippen molar-refractivity contribution >= 4 is 5.97 Å². The maximum Gasteiger partial charge on any atom is 0.326 e. The third-order valence-electron chi connectivity index (χ3n) is 3.58. The molecule has 1 atom stereocenters. The average Bonchev–Trinajstić information content (AvgIpc) is 2.93. The molecule has 1 fully saturated rings. The first-order chi connectivity index (χ1) is 9.59. The van der Waals surface area contributed by atoms with E-state index in [0.29, 0.717) is 6.61 Å². The maximum absolute atomic E-state index is 12.1. The number of carboxylic acids is 1. The third-order valence-corrected chi connectivity index (χ3v) is 3.58. The van der Waals surface area contributed by atoms with Crippen LogP contribution in [-0.4, -0.2) is 46.8 Å². The van der Waals surface area contributed by atoms with E-state index in [0.717, 1.165) is 19.6 Å². The Morgan fingerprint density at radius 2 is 2.15 bits per heavy atom. The van der Waals surface area contributed by atoms with Gasteiger partial charge in [-0.1, -0.05) is 0 Å². The fraction of sp³-hybridized carbons (Fsp3) is 0.571. The molecule has 1 aliphatic rings. The molecule has 0 saturated carbocycles. The van der Waals surface area contributed by atoms with Gasteiger partial charge in [-0.3, -0.25) is 14.3 Å². The van der Waals surface area contributed by atoms with Crippen LogP contribution in [0.3, 0.4) is 0 Å². The smallest absolute Gasteiger partial charge is 0.326 e. The monoisotopic (exact) mass is 280 g/mol. The van der Waals surface area contributed by atoms with Gasteiger partial charge >= 0.3 is 5.97 Å². The molecule has 1 saturated heterocycles. The van der Waals surface area contributed by atoms with Crippen LogP contribution in [0.4, 0.5) is 0 Å². The normalized spacial score (nSPS) is 17.1. The Balaban J connectivity index is 1.99. The van der Waals surface area contributed by atoms with Crippen LogP contribution in [-0.2, 0) is 4.79 Å². The van der Waals surface area contributed by atoms with E-state index in [2.05, 4.69) is 4.90 Å². The zero-order valence-electron chi connectivity index (χ0n) is 11.6. The van der Waals surface area contributed by atoms with Gasteiger partial charge in [0.15, 0.2) is 5.75 Å². The molecule has 1 aliphatic heterocycles. The molecule has 0 aliphatic carbocycles. The molecule has 1 unspecified atom stereocenters. The van der Waals surface area contributed by atoms with Gasteiger partial charge in [-0.25, -0.2) is 4.79 Å². The van der Waals surface area contributed by atoms with Crippen molar-refractivity contribution in [3.8, 4) is 5.75 Å². The highest BCUT2D eigenvalue weighted by atomic mass is 16.5. The molecule has 20 heavy (non-hydrogen) atoms. The van der Waals surface area contributed by atoms with Crippen LogP contribution in [0.2, 0.25) is 0 Å². The molecule has 0 spiro atoms. The molecule has 0 aromatic carbocycles. The first-order valence-corrected chi connectivity index (χ1v) is 6.88. The first-order valence-electron chi connectivity index (χ1n) is 6.88. The minimum atomic E-state index is -1.04. The molecule has 110 valence electrons. The van der Waals surface area contributed by atoms with Crippen LogP contribution in [0, 0.1) is 0 Å². The van der Waals surface area contributed by atoms with E-state index in [1.54, 1.807) is 12.1 Å². The lowest BCUT2D eigenvalue weighted by Crippen LogP contribution is -2.30. The minimum absolute atomic E-state index is 0.208. The average molecular weight is 280 g/mol. The molecular formula is C14H20N2O4. The van der Waals surface area contributed by atoms with Gasteiger partial charge in [-0.2, -0.15) is 0 Å². The largest absolute Gasteiger partial charge is 0.487 e. The lowest BCUT2D eigenvalue weighted by Gasteiger charge is -2.16. The second-order valence-electron chi connectivity index (χ2n) is 5.00. The summed E-state index contributed by atoms with van der Waals surface area (Å²) >= 11 is 0. The van der Waals surface area contributed by atoms with Gasteiger partial charge in [-0.05, 0) is 45.0 Å². The molecule has 6 nitrogen and oxygen atoms in total. The van der Waals surface area contributed by atoms with E-state index in [4.69, 9.17) is 9.84 Å². The van der Waals surface area contributed by atoms with Crippen molar-refractivity contribution in [3.05, 3.63) is 28.7 Å². The number of pyridine rings is 1. The Hall–Kier alpha value is -1.82. The van der Waals surface area contributed by atoms with Crippen molar-refractivity contribution in [2.45, 2.75) is 25.8 Å². The number of hydrogen-bond acceptors (Lipinski definition) is 4. The Morgan fingerprint density at radius 3 is 2.80 bits per heavy atom. The Morgan fingerprint density at radius 1 is 1.45 bits per heavy atom. The standard InChI is InChI=1S/C14H20N2O4/c1-11(14(18)19)16-8-4-5-12(13(16)17)20-10-9-15-6-2-3-7-15/h4-5,8,11H,2-3,6-7,9-10H2,1H3,(H,18,19). The predicted octanol–water partition coefficient (Wildman–Crippen LogP) is 0.969. The molecule has 2 rings (SSSR count). The fourth-order valence-corrected chi connectivity index (χ4v) is 2.31. The van der Waals surface area contributed by atoms with Crippen molar-refractivity contribution < 1.29 is 14.6 Å². The molecule has 0 bridgehead atoms. The van der Waals surface area contributed by atoms with Gasteiger partial charge < -0.3 is 9.84 Å². The van der Waals surface area contributed by atoms with Crippen molar-refractivity contribution in [3.63, 3.8) is 0 Å². The van der Waals surface area contributed by atoms with Gasteiger partial charge in [0.2, 0.25) is 0 Å². The van der Waals surface area contributed by atoms with E-state index in [1.165, 1.54) is 30.5 Å². The van der Waals surface area contributed by atoms with Crippen molar-refractivity contribution in [1.82, 2.24) is 9.47 Å². The number of carbonyl (C=O) groups is 1. The van der Waals surface area contributed by atoms with Crippen molar-refractivity contribution in [1.29, 1.82) is 0 Å². The number of aliphatic carboxylic acids is 1. The molecule has 1 aromatic rings. The van der Waals surface area contributed by atoms with E-state index < -0.39 is 17.6 Å². The van der Waals surface area contributed by atoms with Crippen LogP contribution in [0.1, 0.15) is 25.8 Å². The highest BCUT2D eigenvalue weighted by Crippen LogP contribution is 2.09. The Bertz CT molecular complexity index is 520. The Labute approximate surface area is 117 Å². The zero-order chi connectivity index (χ0) is 14.5. The molecule has 6 heteroatoms. The lowest BCUT2D eigenvalue weighted by molar-refractivity contribution is -0.140. The molecule has 1 N–H and O–H groups in total. The minimum Gasteiger partial charge on any atom is -0.487 e. The Kier molecular flexibility index (Phi) is 4.79. The molecule has 1 aromatic heterocycles. The number of likely N-dealkylation sites (tertiary alicyclic amines) is 1. The summed E-state index contributed by atoms with van der Waals surface area (Å²) in [7, 11) is 0. The van der Waals surface area contributed by atoms with Crippen molar-refractivity contribution in [2.24, 2.45) is 0 Å². The van der Waals surface area contributed by atoms with Crippen LogP contribution in [0.5, 0.6) is 5.75 Å². The number of aromatic nitrogens is 1. The second-order valence-corrected chi connectivity index (χ2v) is 5.00. The summed E-state index contributed by atoms with van der Waals surface area (Å²) in [5.41, 5.74) is -0.399. The van der Waals surface area contributed by atoms with Gasteiger partial charge in [-0.15, -0.1) is 0 Å². The summed E-state index contributed by atoms with van der Waals surface area (Å²) in [5.74, 6) is -0.832. The van der Waals surface area contributed by atoms with Gasteiger partial charge in [0, 0.05) is 12.7 Å². The van der Waals surface area contributed by atoms with E-state index in [-0.39, 0.29) is 5.75 Å². The number of rotatable bonds is 6. The van der Waals surface area contributed by atoms with E-state index in [9.17, 15) is 9.59 Å². The summed E-state index contributed by atoms with van der Waals surface area (Å²) in [6, 6.07) is 2.31. The lowest BCUT2D eigenvalue weighted by atomic mass is 10.3. The quantitative estimate of drug-likeness (QED) is 0.840. The van der Waals surface area contributed by atoms with Gasteiger partial charge in [0.05, 0.1) is 0 Å². The fourth-order valence-electron chi connectivity index (χ4n) is 2.31. The summed E-state index contributed by atoms with van der Waals surface area (Å²) < 4.78 is 6.68. The van der Waals surface area contributed by atoms with Crippen LogP contribution >= 0.6 is 0 Å². The SMILES string of the molecule is CC(C(=O)O)n1cccc(OCCN2CCCC2)c1=O. The highest BCUT2D eigenvalue weighted by Gasteiger charge is 2.16. The summed E-state index contributed by atoms with van der Waals surface area (Å²) in [6.07, 6.45) is 3.90. The third kappa shape index (κ3) is 3.39. The van der Waals surface area contributed by atoms with Crippen LogP contribution in [0.25, 0.3) is 0 Å². The van der Waals surface area contributed by atoms with Gasteiger partial charge in [0.25, 0.3) is 5.56 Å². The zero-order valence-corrected chi connectivity index (χ0v) is 11.6. The van der Waals surface area contributed by atoms with E-state index >= 15 is 0 Å². The summed E-state index contributed by atoms with van der Waals surface area (Å²) in [6.45, 7) is 4.87. The number of nitrogens with zero attached hydrogens (tertiary/aromatic N) is 2. The molecule has 0 radical (unpaired) electrons. The van der Waals surface area contributed by atoms with Crippen molar-refractivity contribution in [2.75, 3.05) is 26.2 Å².